The van der Waals surface area contributed by atoms with Crippen molar-refractivity contribution < 1.29 is 4.79 Å². The van der Waals surface area contributed by atoms with E-state index in [0.29, 0.717) is 17.5 Å². The maximum absolute atomic E-state index is 11.1. The lowest BCUT2D eigenvalue weighted by molar-refractivity contribution is -0.114. The monoisotopic (exact) mass is 398 g/mol. The SMILES string of the molecule is CC(=O)Nc1cccc(Nc2nncc(Nc3ccc(Br)cc3)n2)c1. The Hall–Kier alpha value is -3.00. The molecule has 0 fully saturated rings. The van der Waals surface area contributed by atoms with Crippen molar-refractivity contribution in [2.24, 2.45) is 0 Å². The van der Waals surface area contributed by atoms with E-state index in [4.69, 9.17) is 0 Å². The van der Waals surface area contributed by atoms with Gasteiger partial charge in [0.25, 0.3) is 0 Å². The first kappa shape index (κ1) is 16.8. The fraction of sp³-hybridized carbons (Fsp3) is 0.0588. The summed E-state index contributed by atoms with van der Waals surface area (Å²) >= 11 is 3.40. The average Bonchev–Trinajstić information content (AvgIpc) is 2.57. The molecule has 0 aliphatic carbocycles. The van der Waals surface area contributed by atoms with Crippen molar-refractivity contribution in [3.8, 4) is 0 Å². The van der Waals surface area contributed by atoms with E-state index in [1.54, 1.807) is 18.3 Å². The number of nitrogens with one attached hydrogen (secondary N) is 3. The number of rotatable bonds is 5. The van der Waals surface area contributed by atoms with Gasteiger partial charge in [-0.25, -0.2) is 0 Å². The highest BCUT2D eigenvalue weighted by atomic mass is 79.9. The van der Waals surface area contributed by atoms with Gasteiger partial charge in [-0.15, -0.1) is 5.10 Å². The number of anilines is 5. The summed E-state index contributed by atoms with van der Waals surface area (Å²) in [6, 6.07) is 15.0. The summed E-state index contributed by atoms with van der Waals surface area (Å²) in [5.74, 6) is 0.788. The number of amides is 1. The van der Waals surface area contributed by atoms with Crippen LogP contribution in [0, 0.1) is 0 Å². The van der Waals surface area contributed by atoms with Gasteiger partial charge in [0.2, 0.25) is 11.9 Å². The van der Waals surface area contributed by atoms with Crippen LogP contribution in [0.5, 0.6) is 0 Å². The second kappa shape index (κ2) is 7.71. The van der Waals surface area contributed by atoms with Crippen LogP contribution in [-0.4, -0.2) is 21.1 Å². The van der Waals surface area contributed by atoms with Gasteiger partial charge >= 0.3 is 0 Å². The van der Waals surface area contributed by atoms with Crippen molar-refractivity contribution >= 4 is 50.7 Å². The number of nitrogens with zero attached hydrogens (tertiary/aromatic N) is 3. The zero-order valence-corrected chi connectivity index (χ0v) is 14.9. The van der Waals surface area contributed by atoms with Gasteiger partial charge in [-0.2, -0.15) is 10.1 Å². The molecule has 0 bridgehead atoms. The van der Waals surface area contributed by atoms with Crippen molar-refractivity contribution in [3.63, 3.8) is 0 Å². The van der Waals surface area contributed by atoms with E-state index in [1.165, 1.54) is 6.92 Å². The molecule has 0 aliphatic heterocycles. The highest BCUT2D eigenvalue weighted by Crippen LogP contribution is 2.20. The third-order valence-corrected chi connectivity index (χ3v) is 3.64. The molecule has 3 aromatic rings. The summed E-state index contributed by atoms with van der Waals surface area (Å²) in [6.45, 7) is 1.46. The molecule has 126 valence electrons. The lowest BCUT2D eigenvalue weighted by Gasteiger charge is -2.09. The molecule has 0 spiro atoms. The minimum Gasteiger partial charge on any atom is -0.339 e. The Balaban J connectivity index is 1.73. The molecule has 0 aliphatic rings. The van der Waals surface area contributed by atoms with Crippen LogP contribution < -0.4 is 16.0 Å². The first-order valence-corrected chi connectivity index (χ1v) is 8.25. The highest BCUT2D eigenvalue weighted by Gasteiger charge is 2.04. The molecule has 0 radical (unpaired) electrons. The summed E-state index contributed by atoms with van der Waals surface area (Å²) in [5, 5.41) is 16.9. The van der Waals surface area contributed by atoms with Crippen LogP contribution in [0.25, 0.3) is 0 Å². The van der Waals surface area contributed by atoms with E-state index < -0.39 is 0 Å². The summed E-state index contributed by atoms with van der Waals surface area (Å²) in [5.41, 5.74) is 2.32. The minimum atomic E-state index is -0.129. The predicted molar refractivity (Wildman–Crippen MR) is 101 cm³/mol. The summed E-state index contributed by atoms with van der Waals surface area (Å²) in [4.78, 5) is 15.5. The number of benzene rings is 2. The molecule has 8 heteroatoms. The molecule has 1 heterocycles. The van der Waals surface area contributed by atoms with E-state index in [-0.39, 0.29) is 5.91 Å². The molecule has 3 rings (SSSR count). The summed E-state index contributed by atoms with van der Waals surface area (Å²) < 4.78 is 1.00. The van der Waals surface area contributed by atoms with Crippen molar-refractivity contribution in [2.75, 3.05) is 16.0 Å². The number of aromatic nitrogens is 3. The Labute approximate surface area is 153 Å². The first-order valence-electron chi connectivity index (χ1n) is 7.45. The third kappa shape index (κ3) is 4.98. The number of hydrogen-bond acceptors (Lipinski definition) is 6. The molecule has 7 nitrogen and oxygen atoms in total. The van der Waals surface area contributed by atoms with Crippen LogP contribution in [0.15, 0.2) is 59.2 Å². The van der Waals surface area contributed by atoms with E-state index in [9.17, 15) is 4.79 Å². The second-order valence-electron chi connectivity index (χ2n) is 5.18. The van der Waals surface area contributed by atoms with Crippen LogP contribution in [0.4, 0.5) is 28.8 Å². The molecule has 0 atom stereocenters. The quantitative estimate of drug-likeness (QED) is 0.599. The van der Waals surface area contributed by atoms with Crippen LogP contribution >= 0.6 is 15.9 Å². The first-order chi connectivity index (χ1) is 12.1. The number of carbonyl (C=O) groups excluding carboxylic acids is 1. The fourth-order valence-electron chi connectivity index (χ4n) is 2.10. The van der Waals surface area contributed by atoms with E-state index in [0.717, 1.165) is 15.8 Å². The molecular weight excluding hydrogens is 384 g/mol. The Morgan fingerprint density at radius 2 is 1.76 bits per heavy atom. The Bertz CT molecular complexity index is 884. The zero-order valence-electron chi connectivity index (χ0n) is 13.3. The standard InChI is InChI=1S/C17H15BrN6O/c1-11(25)20-14-3-2-4-15(9-14)22-17-23-16(10-19-24-17)21-13-7-5-12(18)6-8-13/h2-10H,1H3,(H,20,25)(H2,21,22,23,24). The lowest BCUT2D eigenvalue weighted by atomic mass is 10.3. The number of carbonyl (C=O) groups is 1. The summed E-state index contributed by atoms with van der Waals surface area (Å²) in [6.07, 6.45) is 1.54. The van der Waals surface area contributed by atoms with Gasteiger partial charge in [0, 0.05) is 28.5 Å². The lowest BCUT2D eigenvalue weighted by Crippen LogP contribution is -2.06. The molecule has 0 saturated carbocycles. The molecule has 2 aromatic carbocycles. The van der Waals surface area contributed by atoms with Crippen LogP contribution in [0.2, 0.25) is 0 Å². The van der Waals surface area contributed by atoms with Gasteiger partial charge in [0.05, 0.1) is 6.20 Å². The Morgan fingerprint density at radius 1 is 1.00 bits per heavy atom. The minimum absolute atomic E-state index is 0.129. The largest absolute Gasteiger partial charge is 0.339 e. The van der Waals surface area contributed by atoms with Gasteiger partial charge < -0.3 is 16.0 Å². The molecule has 3 N–H and O–H groups in total. The van der Waals surface area contributed by atoms with Crippen molar-refractivity contribution in [2.45, 2.75) is 6.92 Å². The fourth-order valence-corrected chi connectivity index (χ4v) is 2.37. The Kier molecular flexibility index (Phi) is 5.20. The zero-order chi connectivity index (χ0) is 17.6. The number of halogens is 1. The smallest absolute Gasteiger partial charge is 0.249 e. The highest BCUT2D eigenvalue weighted by molar-refractivity contribution is 9.10. The van der Waals surface area contributed by atoms with Crippen molar-refractivity contribution in [1.82, 2.24) is 15.2 Å². The van der Waals surface area contributed by atoms with Crippen LogP contribution in [0.1, 0.15) is 6.92 Å². The average molecular weight is 399 g/mol. The third-order valence-electron chi connectivity index (χ3n) is 3.11. The van der Waals surface area contributed by atoms with Crippen molar-refractivity contribution in [3.05, 3.63) is 59.2 Å². The van der Waals surface area contributed by atoms with Gasteiger partial charge in [0.15, 0.2) is 5.82 Å². The maximum Gasteiger partial charge on any atom is 0.249 e. The Morgan fingerprint density at radius 3 is 2.52 bits per heavy atom. The van der Waals surface area contributed by atoms with Gasteiger partial charge in [-0.05, 0) is 42.5 Å². The van der Waals surface area contributed by atoms with E-state index >= 15 is 0 Å². The molecule has 0 saturated heterocycles. The van der Waals surface area contributed by atoms with Gasteiger partial charge in [-0.3, -0.25) is 4.79 Å². The summed E-state index contributed by atoms with van der Waals surface area (Å²) in [7, 11) is 0. The van der Waals surface area contributed by atoms with Crippen molar-refractivity contribution in [1.29, 1.82) is 0 Å². The topological polar surface area (TPSA) is 91.8 Å². The van der Waals surface area contributed by atoms with Gasteiger partial charge in [-0.1, -0.05) is 22.0 Å². The number of hydrogen-bond donors (Lipinski definition) is 3. The van der Waals surface area contributed by atoms with E-state index in [1.807, 2.05) is 36.4 Å². The van der Waals surface area contributed by atoms with Crippen LogP contribution in [0.3, 0.4) is 0 Å². The molecule has 1 amide bonds. The molecule has 1 aromatic heterocycles. The van der Waals surface area contributed by atoms with Crippen LogP contribution in [-0.2, 0) is 4.79 Å². The molecule has 25 heavy (non-hydrogen) atoms. The second-order valence-corrected chi connectivity index (χ2v) is 6.10. The normalized spacial score (nSPS) is 10.2. The van der Waals surface area contributed by atoms with Gasteiger partial charge in [0.1, 0.15) is 0 Å². The maximum atomic E-state index is 11.1. The van der Waals surface area contributed by atoms with E-state index in [2.05, 4.69) is 47.1 Å². The predicted octanol–water partition coefficient (Wildman–Crippen LogP) is 4.08. The molecular formula is C17H15BrN6O. The molecule has 0 unspecified atom stereocenters.